The molecule has 0 saturated heterocycles. The van der Waals surface area contributed by atoms with Gasteiger partial charge in [-0.3, -0.25) is 0 Å². The Labute approximate surface area is 91.6 Å². The minimum atomic E-state index is -4.18. The highest BCUT2D eigenvalue weighted by Gasteiger charge is 2.29. The predicted molar refractivity (Wildman–Crippen MR) is 55.0 cm³/mol. The third-order valence-corrected chi connectivity index (χ3v) is 2.53. The maximum absolute atomic E-state index is 12.2. The molecule has 16 heavy (non-hydrogen) atoms. The number of ether oxygens (including phenoxy) is 1. The summed E-state index contributed by atoms with van der Waals surface area (Å²) < 4.78 is 41.9. The van der Waals surface area contributed by atoms with Gasteiger partial charge in [-0.1, -0.05) is 0 Å². The zero-order valence-electron chi connectivity index (χ0n) is 8.84. The number of hydrogen-bond donors (Lipinski definition) is 0. The Morgan fingerprint density at radius 3 is 2.81 bits per heavy atom. The lowest BCUT2D eigenvalue weighted by molar-refractivity contribution is -0.119. The summed E-state index contributed by atoms with van der Waals surface area (Å²) in [6.45, 7) is -0.325. The Bertz CT molecular complexity index is 389. The second-order valence-electron chi connectivity index (χ2n) is 3.86. The molecule has 5 heteroatoms. The molecular formula is C11H12F3NO. The zero-order valence-corrected chi connectivity index (χ0v) is 8.84. The van der Waals surface area contributed by atoms with E-state index in [0.29, 0.717) is 12.3 Å². The molecular weight excluding hydrogens is 219 g/mol. The lowest BCUT2D eigenvalue weighted by Gasteiger charge is -2.21. The first-order valence-electron chi connectivity index (χ1n) is 4.99. The lowest BCUT2D eigenvalue weighted by atomic mass is 10.1. The summed E-state index contributed by atoms with van der Waals surface area (Å²) in [4.78, 5) is 1.19. The van der Waals surface area contributed by atoms with Crippen LogP contribution in [0.25, 0.3) is 0 Å². The number of rotatable bonds is 2. The van der Waals surface area contributed by atoms with Crippen LogP contribution in [0.4, 0.5) is 18.9 Å². The molecule has 0 unspecified atom stereocenters. The summed E-state index contributed by atoms with van der Waals surface area (Å²) in [7, 11) is 1.44. The van der Waals surface area contributed by atoms with Crippen molar-refractivity contribution in [1.29, 1.82) is 0 Å². The van der Waals surface area contributed by atoms with Gasteiger partial charge < -0.3 is 9.64 Å². The maximum Gasteiger partial charge on any atom is 0.405 e. The molecule has 0 amide bonds. The number of anilines is 1. The van der Waals surface area contributed by atoms with Crippen LogP contribution in [-0.4, -0.2) is 26.4 Å². The standard InChI is InChI=1S/C11H12F3NO/c1-15(7-11(12,13)14)9-2-3-10-8(6-9)4-5-16-10/h2-3,6H,4-5,7H2,1H3. The first kappa shape index (κ1) is 11.1. The molecule has 1 aromatic rings. The Balaban J connectivity index is 2.15. The fourth-order valence-corrected chi connectivity index (χ4v) is 1.77. The molecule has 1 heterocycles. The lowest BCUT2D eigenvalue weighted by Crippen LogP contribution is -2.30. The van der Waals surface area contributed by atoms with Crippen LogP contribution in [0.5, 0.6) is 5.75 Å². The molecule has 0 aromatic heterocycles. The van der Waals surface area contributed by atoms with Crippen molar-refractivity contribution in [3.05, 3.63) is 23.8 Å². The van der Waals surface area contributed by atoms with Gasteiger partial charge in [0.25, 0.3) is 0 Å². The highest BCUT2D eigenvalue weighted by Crippen LogP contribution is 2.30. The van der Waals surface area contributed by atoms with Crippen LogP contribution in [0.1, 0.15) is 5.56 Å². The van der Waals surface area contributed by atoms with Crippen LogP contribution in [0.2, 0.25) is 0 Å². The van der Waals surface area contributed by atoms with Crippen LogP contribution in [0, 0.1) is 0 Å². The monoisotopic (exact) mass is 231 g/mol. The smallest absolute Gasteiger partial charge is 0.405 e. The van der Waals surface area contributed by atoms with Crippen molar-refractivity contribution in [1.82, 2.24) is 0 Å². The topological polar surface area (TPSA) is 12.5 Å². The third-order valence-electron chi connectivity index (χ3n) is 2.53. The van der Waals surface area contributed by atoms with Gasteiger partial charge in [-0.2, -0.15) is 13.2 Å². The minimum absolute atomic E-state index is 0.571. The molecule has 0 saturated carbocycles. The van der Waals surface area contributed by atoms with Crippen LogP contribution in [0.15, 0.2) is 18.2 Å². The van der Waals surface area contributed by atoms with Gasteiger partial charge in [0.1, 0.15) is 12.3 Å². The number of halogens is 3. The summed E-state index contributed by atoms with van der Waals surface area (Å²) >= 11 is 0. The molecule has 1 aromatic carbocycles. The second kappa shape index (κ2) is 3.88. The van der Waals surface area contributed by atoms with E-state index < -0.39 is 12.7 Å². The molecule has 0 spiro atoms. The van der Waals surface area contributed by atoms with Gasteiger partial charge in [0, 0.05) is 19.2 Å². The molecule has 2 rings (SSSR count). The van der Waals surface area contributed by atoms with Crippen LogP contribution < -0.4 is 9.64 Å². The second-order valence-corrected chi connectivity index (χ2v) is 3.86. The highest BCUT2D eigenvalue weighted by molar-refractivity contribution is 5.53. The molecule has 0 bridgehead atoms. The summed E-state index contributed by atoms with van der Waals surface area (Å²) in [6, 6.07) is 5.13. The van der Waals surface area contributed by atoms with Gasteiger partial charge in [-0.15, -0.1) is 0 Å². The van der Waals surface area contributed by atoms with E-state index in [1.54, 1.807) is 18.2 Å². The van der Waals surface area contributed by atoms with Crippen molar-refractivity contribution >= 4 is 5.69 Å². The number of fused-ring (bicyclic) bond motifs is 1. The molecule has 0 atom stereocenters. The van der Waals surface area contributed by atoms with E-state index in [0.717, 1.165) is 17.7 Å². The van der Waals surface area contributed by atoms with E-state index in [2.05, 4.69) is 0 Å². The highest BCUT2D eigenvalue weighted by atomic mass is 19.4. The van der Waals surface area contributed by atoms with Crippen LogP contribution >= 0.6 is 0 Å². The van der Waals surface area contributed by atoms with Gasteiger partial charge in [0.2, 0.25) is 0 Å². The maximum atomic E-state index is 12.2. The molecule has 1 aliphatic rings. The first-order chi connectivity index (χ1) is 7.46. The number of alkyl halides is 3. The van der Waals surface area contributed by atoms with Crippen molar-refractivity contribution in [2.45, 2.75) is 12.6 Å². The van der Waals surface area contributed by atoms with Gasteiger partial charge in [-0.25, -0.2) is 0 Å². The van der Waals surface area contributed by atoms with Crippen LogP contribution in [0.3, 0.4) is 0 Å². The van der Waals surface area contributed by atoms with Crippen LogP contribution in [-0.2, 0) is 6.42 Å². The molecule has 0 radical (unpaired) electrons. The fraction of sp³-hybridized carbons (Fsp3) is 0.455. The zero-order chi connectivity index (χ0) is 11.8. The molecule has 0 fully saturated rings. The molecule has 2 nitrogen and oxygen atoms in total. The number of benzene rings is 1. The summed E-state index contributed by atoms with van der Waals surface area (Å²) in [5, 5.41) is 0. The number of hydrogen-bond acceptors (Lipinski definition) is 2. The Morgan fingerprint density at radius 1 is 1.38 bits per heavy atom. The first-order valence-corrected chi connectivity index (χ1v) is 4.99. The van der Waals surface area contributed by atoms with E-state index >= 15 is 0 Å². The van der Waals surface area contributed by atoms with E-state index in [1.807, 2.05) is 0 Å². The SMILES string of the molecule is CN(CC(F)(F)F)c1ccc2c(c1)CCO2. The Hall–Kier alpha value is -1.39. The summed E-state index contributed by atoms with van der Waals surface area (Å²) in [6.07, 6.45) is -3.41. The van der Waals surface area contributed by atoms with Gasteiger partial charge in [0.15, 0.2) is 0 Å². The quantitative estimate of drug-likeness (QED) is 0.775. The third kappa shape index (κ3) is 2.40. The van der Waals surface area contributed by atoms with Gasteiger partial charge in [0.05, 0.1) is 6.61 Å². The van der Waals surface area contributed by atoms with Crippen molar-refractivity contribution in [3.63, 3.8) is 0 Å². The van der Waals surface area contributed by atoms with Crippen molar-refractivity contribution in [2.24, 2.45) is 0 Å². The van der Waals surface area contributed by atoms with Gasteiger partial charge in [-0.05, 0) is 23.8 Å². The van der Waals surface area contributed by atoms with Gasteiger partial charge >= 0.3 is 6.18 Å². The normalized spacial score (nSPS) is 14.5. The fourth-order valence-electron chi connectivity index (χ4n) is 1.77. The van der Waals surface area contributed by atoms with Crippen molar-refractivity contribution in [3.8, 4) is 5.75 Å². The predicted octanol–water partition coefficient (Wildman–Crippen LogP) is 2.62. The number of nitrogens with zero attached hydrogens (tertiary/aromatic N) is 1. The summed E-state index contributed by atoms with van der Waals surface area (Å²) in [5.74, 6) is 0.782. The van der Waals surface area contributed by atoms with E-state index in [9.17, 15) is 13.2 Å². The van der Waals surface area contributed by atoms with E-state index in [4.69, 9.17) is 4.74 Å². The van der Waals surface area contributed by atoms with Crippen molar-refractivity contribution < 1.29 is 17.9 Å². The molecule has 88 valence electrons. The molecule has 0 aliphatic carbocycles. The summed E-state index contributed by atoms with van der Waals surface area (Å²) in [5.41, 5.74) is 1.55. The molecule has 1 aliphatic heterocycles. The molecule has 0 N–H and O–H groups in total. The average Bonchev–Trinajstić information content (AvgIpc) is 2.61. The largest absolute Gasteiger partial charge is 0.493 e. The van der Waals surface area contributed by atoms with E-state index in [1.165, 1.54) is 11.9 Å². The Kier molecular flexibility index (Phi) is 2.69. The average molecular weight is 231 g/mol. The Morgan fingerprint density at radius 2 is 2.12 bits per heavy atom. The minimum Gasteiger partial charge on any atom is -0.493 e. The van der Waals surface area contributed by atoms with E-state index in [-0.39, 0.29) is 0 Å². The van der Waals surface area contributed by atoms with Crippen molar-refractivity contribution in [2.75, 3.05) is 25.1 Å².